The maximum atomic E-state index is 11.9. The van der Waals surface area contributed by atoms with Crippen molar-refractivity contribution in [3.05, 3.63) is 65.5 Å². The number of benzene rings is 1. The van der Waals surface area contributed by atoms with E-state index in [1.807, 2.05) is 49.4 Å². The number of carbonyl (C=O) groups is 1. The zero-order chi connectivity index (χ0) is 15.4. The van der Waals surface area contributed by atoms with Crippen LogP contribution < -0.4 is 5.43 Å². The molecule has 0 spiro atoms. The molecule has 1 amide bonds. The molecule has 0 unspecified atom stereocenters. The van der Waals surface area contributed by atoms with Gasteiger partial charge in [0.25, 0.3) is 5.91 Å². The van der Waals surface area contributed by atoms with Gasteiger partial charge >= 0.3 is 0 Å². The van der Waals surface area contributed by atoms with Gasteiger partial charge in [0, 0.05) is 6.07 Å². The Kier molecular flexibility index (Phi) is 3.82. The molecule has 0 bridgehead atoms. The minimum atomic E-state index is -0.391. The lowest BCUT2D eigenvalue weighted by molar-refractivity contribution is 0.0950. The van der Waals surface area contributed by atoms with E-state index in [1.54, 1.807) is 12.3 Å². The van der Waals surface area contributed by atoms with Crippen molar-refractivity contribution in [3.8, 4) is 11.5 Å². The van der Waals surface area contributed by atoms with Gasteiger partial charge < -0.3 is 4.42 Å². The fourth-order valence-electron chi connectivity index (χ4n) is 1.91. The third-order valence-electron chi connectivity index (χ3n) is 3.00. The fraction of sp³-hybridized carbons (Fsp3) is 0.0625. The number of aryl methyl sites for hydroxylation is 1. The molecule has 0 saturated heterocycles. The molecule has 2 aromatic heterocycles. The Labute approximate surface area is 126 Å². The summed E-state index contributed by atoms with van der Waals surface area (Å²) in [5.41, 5.74) is 4.22. The summed E-state index contributed by atoms with van der Waals surface area (Å²) in [5, 5.41) is 10.6. The monoisotopic (exact) mass is 294 g/mol. The van der Waals surface area contributed by atoms with E-state index in [4.69, 9.17) is 4.42 Å². The van der Waals surface area contributed by atoms with Crippen molar-refractivity contribution in [2.24, 2.45) is 5.10 Å². The second kappa shape index (κ2) is 6.09. The Balaban J connectivity index is 1.66. The number of H-pyrrole nitrogens is 1. The summed E-state index contributed by atoms with van der Waals surface area (Å²) in [7, 11) is 0. The van der Waals surface area contributed by atoms with Gasteiger partial charge in [0.05, 0.1) is 6.21 Å². The van der Waals surface area contributed by atoms with Crippen molar-refractivity contribution < 1.29 is 9.21 Å². The highest BCUT2D eigenvalue weighted by Gasteiger charge is 2.12. The Morgan fingerprint density at radius 1 is 1.27 bits per heavy atom. The van der Waals surface area contributed by atoms with Crippen LogP contribution in [0.15, 0.2) is 58.0 Å². The normalized spacial score (nSPS) is 11.0. The number of nitrogens with zero attached hydrogens (tertiary/aromatic N) is 2. The van der Waals surface area contributed by atoms with Crippen LogP contribution in [0.3, 0.4) is 0 Å². The molecule has 2 N–H and O–H groups in total. The number of carbonyl (C=O) groups excluding carboxylic acids is 1. The van der Waals surface area contributed by atoms with E-state index in [0.29, 0.717) is 11.5 Å². The quantitative estimate of drug-likeness (QED) is 0.573. The molecular weight excluding hydrogens is 280 g/mol. The average molecular weight is 294 g/mol. The molecule has 0 aliphatic rings. The SMILES string of the molecule is Cc1ccc(-c2cc(C(=O)N/N=C\c3ccccc3)n[nH]2)o1. The molecule has 2 heterocycles. The van der Waals surface area contributed by atoms with Gasteiger partial charge in [0.2, 0.25) is 0 Å². The Bertz CT molecular complexity index is 802. The highest BCUT2D eigenvalue weighted by Crippen LogP contribution is 2.20. The third kappa shape index (κ3) is 3.12. The van der Waals surface area contributed by atoms with Crippen LogP contribution in [0.4, 0.5) is 0 Å². The summed E-state index contributed by atoms with van der Waals surface area (Å²) >= 11 is 0. The first-order chi connectivity index (χ1) is 10.7. The average Bonchev–Trinajstić information content (AvgIpc) is 3.17. The summed E-state index contributed by atoms with van der Waals surface area (Å²) in [6.07, 6.45) is 1.57. The first-order valence-electron chi connectivity index (χ1n) is 6.73. The smallest absolute Gasteiger partial charge is 0.291 e. The molecule has 6 nitrogen and oxygen atoms in total. The largest absolute Gasteiger partial charge is 0.460 e. The van der Waals surface area contributed by atoms with Gasteiger partial charge in [-0.25, -0.2) is 5.43 Å². The molecular formula is C16H14N4O2. The number of nitrogens with one attached hydrogen (secondary N) is 2. The maximum absolute atomic E-state index is 11.9. The first-order valence-corrected chi connectivity index (χ1v) is 6.73. The summed E-state index contributed by atoms with van der Waals surface area (Å²) < 4.78 is 5.47. The van der Waals surface area contributed by atoms with Crippen LogP contribution >= 0.6 is 0 Å². The van der Waals surface area contributed by atoms with Crippen molar-refractivity contribution in [2.75, 3.05) is 0 Å². The van der Waals surface area contributed by atoms with Gasteiger partial charge in [-0.05, 0) is 24.6 Å². The fourth-order valence-corrected chi connectivity index (χ4v) is 1.91. The predicted octanol–water partition coefficient (Wildman–Crippen LogP) is 2.74. The van der Waals surface area contributed by atoms with Crippen LogP contribution in [0, 0.1) is 6.92 Å². The van der Waals surface area contributed by atoms with Crippen LogP contribution in [0.2, 0.25) is 0 Å². The van der Waals surface area contributed by atoms with Crippen LogP contribution in [-0.4, -0.2) is 22.3 Å². The van der Waals surface area contributed by atoms with E-state index in [-0.39, 0.29) is 5.69 Å². The molecule has 1 aromatic carbocycles. The van der Waals surface area contributed by atoms with E-state index in [1.165, 1.54) is 0 Å². The summed E-state index contributed by atoms with van der Waals surface area (Å²) in [6, 6.07) is 14.8. The molecule has 0 atom stereocenters. The van der Waals surface area contributed by atoms with Gasteiger partial charge in [0.15, 0.2) is 11.5 Å². The highest BCUT2D eigenvalue weighted by molar-refractivity contribution is 5.93. The number of amides is 1. The van der Waals surface area contributed by atoms with E-state index >= 15 is 0 Å². The van der Waals surface area contributed by atoms with Gasteiger partial charge in [-0.1, -0.05) is 30.3 Å². The Morgan fingerprint density at radius 3 is 2.82 bits per heavy atom. The highest BCUT2D eigenvalue weighted by atomic mass is 16.3. The van der Waals surface area contributed by atoms with Crippen LogP contribution in [0.25, 0.3) is 11.5 Å². The van der Waals surface area contributed by atoms with Gasteiger partial charge in [0.1, 0.15) is 11.5 Å². The van der Waals surface area contributed by atoms with E-state index < -0.39 is 5.91 Å². The number of hydrogen-bond donors (Lipinski definition) is 2. The van der Waals surface area contributed by atoms with E-state index in [9.17, 15) is 4.79 Å². The predicted molar refractivity (Wildman–Crippen MR) is 82.5 cm³/mol. The third-order valence-corrected chi connectivity index (χ3v) is 3.00. The Hall–Kier alpha value is -3.15. The van der Waals surface area contributed by atoms with Crippen molar-refractivity contribution >= 4 is 12.1 Å². The zero-order valence-corrected chi connectivity index (χ0v) is 11.9. The molecule has 0 aliphatic carbocycles. The van der Waals surface area contributed by atoms with E-state index in [2.05, 4.69) is 20.7 Å². The summed E-state index contributed by atoms with van der Waals surface area (Å²) in [4.78, 5) is 11.9. The number of furan rings is 1. The van der Waals surface area contributed by atoms with Crippen molar-refractivity contribution in [1.29, 1.82) is 0 Å². The standard InChI is InChI=1S/C16H14N4O2/c1-11-7-8-15(22-11)13-9-14(19-18-13)16(21)20-17-10-12-5-3-2-4-6-12/h2-10H,1H3,(H,18,19)(H,20,21)/b17-10-. The van der Waals surface area contributed by atoms with E-state index in [0.717, 1.165) is 11.3 Å². The first kappa shape index (κ1) is 13.8. The minimum Gasteiger partial charge on any atom is -0.460 e. The molecule has 6 heteroatoms. The lowest BCUT2D eigenvalue weighted by atomic mass is 10.2. The topological polar surface area (TPSA) is 83.3 Å². The molecule has 22 heavy (non-hydrogen) atoms. The molecule has 0 saturated carbocycles. The van der Waals surface area contributed by atoms with Gasteiger partial charge in [-0.2, -0.15) is 10.2 Å². The number of rotatable bonds is 4. The lowest BCUT2D eigenvalue weighted by Gasteiger charge is -1.94. The van der Waals surface area contributed by atoms with Crippen molar-refractivity contribution in [2.45, 2.75) is 6.92 Å². The second-order valence-electron chi connectivity index (χ2n) is 4.69. The second-order valence-corrected chi connectivity index (χ2v) is 4.69. The maximum Gasteiger partial charge on any atom is 0.291 e. The minimum absolute atomic E-state index is 0.245. The zero-order valence-electron chi connectivity index (χ0n) is 11.9. The number of aromatic nitrogens is 2. The molecule has 3 rings (SSSR count). The Morgan fingerprint density at radius 2 is 2.09 bits per heavy atom. The number of hydrogen-bond acceptors (Lipinski definition) is 4. The molecule has 3 aromatic rings. The van der Waals surface area contributed by atoms with Gasteiger partial charge in [-0.15, -0.1) is 0 Å². The number of aromatic amines is 1. The van der Waals surface area contributed by atoms with Crippen LogP contribution in [0.5, 0.6) is 0 Å². The molecule has 0 fully saturated rings. The molecule has 0 aliphatic heterocycles. The summed E-state index contributed by atoms with van der Waals surface area (Å²) in [5.74, 6) is 1.04. The van der Waals surface area contributed by atoms with Crippen molar-refractivity contribution in [3.63, 3.8) is 0 Å². The van der Waals surface area contributed by atoms with Crippen LogP contribution in [-0.2, 0) is 0 Å². The van der Waals surface area contributed by atoms with Crippen LogP contribution in [0.1, 0.15) is 21.8 Å². The number of hydrazone groups is 1. The van der Waals surface area contributed by atoms with Crippen molar-refractivity contribution in [1.82, 2.24) is 15.6 Å². The van der Waals surface area contributed by atoms with Gasteiger partial charge in [-0.3, -0.25) is 9.89 Å². The lowest BCUT2D eigenvalue weighted by Crippen LogP contribution is -2.17. The molecule has 0 radical (unpaired) electrons. The summed E-state index contributed by atoms with van der Waals surface area (Å²) in [6.45, 7) is 1.85. The molecule has 110 valence electrons.